The van der Waals surface area contributed by atoms with Crippen LogP contribution in [0.25, 0.3) is 0 Å². The first-order valence-electron chi connectivity index (χ1n) is 7.90. The molecule has 0 unspecified atom stereocenters. The number of aromatic nitrogens is 2. The Bertz CT molecular complexity index is 661. The van der Waals surface area contributed by atoms with Crippen LogP contribution in [0, 0.1) is 5.92 Å². The second kappa shape index (κ2) is 6.04. The molecule has 0 spiro atoms. The molecule has 1 aliphatic carbocycles. The molecule has 2 aliphatic rings. The lowest BCUT2D eigenvalue weighted by Crippen LogP contribution is -2.47. The summed E-state index contributed by atoms with van der Waals surface area (Å²) in [6.45, 7) is 0.953. The maximum absolute atomic E-state index is 12.6. The fourth-order valence-electron chi connectivity index (χ4n) is 3.31. The molecule has 1 saturated heterocycles. The summed E-state index contributed by atoms with van der Waals surface area (Å²) in [7, 11) is 0. The maximum atomic E-state index is 12.6. The quantitative estimate of drug-likeness (QED) is 0.886. The summed E-state index contributed by atoms with van der Waals surface area (Å²) < 4.78 is 11.3. The van der Waals surface area contributed by atoms with Gasteiger partial charge in [-0.1, -0.05) is 24.3 Å². The van der Waals surface area contributed by atoms with E-state index in [2.05, 4.69) is 27.6 Å². The number of nitrogens with zero attached hydrogens (tertiary/aromatic N) is 1. The molecule has 1 aromatic carbocycles. The summed E-state index contributed by atoms with van der Waals surface area (Å²) >= 11 is 0. The van der Waals surface area contributed by atoms with Crippen LogP contribution in [0.3, 0.4) is 0 Å². The van der Waals surface area contributed by atoms with E-state index in [1.165, 1.54) is 11.1 Å². The van der Waals surface area contributed by atoms with Gasteiger partial charge in [0.05, 0.1) is 31.6 Å². The average Bonchev–Trinajstić information content (AvgIpc) is 3.28. The molecular formula is C17H19N3O3. The van der Waals surface area contributed by atoms with E-state index < -0.39 is 0 Å². The summed E-state index contributed by atoms with van der Waals surface area (Å²) in [5.41, 5.74) is 2.56. The lowest BCUT2D eigenvalue weighted by Gasteiger charge is -2.21. The predicted molar refractivity (Wildman–Crippen MR) is 83.1 cm³/mol. The lowest BCUT2D eigenvalue weighted by atomic mass is 10.0. The van der Waals surface area contributed by atoms with Crippen molar-refractivity contribution in [3.8, 4) is 5.75 Å². The van der Waals surface area contributed by atoms with Gasteiger partial charge in [0.15, 0.2) is 5.75 Å². The van der Waals surface area contributed by atoms with Crippen LogP contribution < -0.4 is 10.1 Å². The zero-order chi connectivity index (χ0) is 15.6. The molecule has 1 fully saturated rings. The molecule has 1 amide bonds. The van der Waals surface area contributed by atoms with Crippen LogP contribution in [-0.2, 0) is 22.4 Å². The summed E-state index contributed by atoms with van der Waals surface area (Å²) in [6, 6.07) is 8.14. The van der Waals surface area contributed by atoms with Crippen molar-refractivity contribution in [2.24, 2.45) is 5.92 Å². The normalized spacial score (nSPS) is 23.7. The minimum Gasteiger partial charge on any atom is -0.482 e. The number of benzene rings is 1. The van der Waals surface area contributed by atoms with Gasteiger partial charge in [-0.3, -0.25) is 9.89 Å². The number of nitrogens with one attached hydrogen (secondary N) is 2. The minimum absolute atomic E-state index is 0.00238. The number of hydrogen-bond acceptors (Lipinski definition) is 4. The van der Waals surface area contributed by atoms with Crippen LogP contribution in [0.1, 0.15) is 11.1 Å². The van der Waals surface area contributed by atoms with Crippen LogP contribution in [0.5, 0.6) is 5.75 Å². The average molecular weight is 313 g/mol. The zero-order valence-electron chi connectivity index (χ0n) is 12.7. The summed E-state index contributed by atoms with van der Waals surface area (Å²) in [5, 5.41) is 9.67. The summed E-state index contributed by atoms with van der Waals surface area (Å²) in [5.74, 6) is 0.744. The van der Waals surface area contributed by atoms with Crippen LogP contribution in [0.2, 0.25) is 0 Å². The molecular weight excluding hydrogens is 294 g/mol. The van der Waals surface area contributed by atoms with E-state index in [4.69, 9.17) is 9.47 Å². The van der Waals surface area contributed by atoms with Crippen molar-refractivity contribution in [2.75, 3.05) is 13.2 Å². The van der Waals surface area contributed by atoms with Crippen molar-refractivity contribution in [3.05, 3.63) is 47.8 Å². The highest BCUT2D eigenvalue weighted by molar-refractivity contribution is 5.80. The van der Waals surface area contributed by atoms with Crippen molar-refractivity contribution in [3.63, 3.8) is 0 Å². The van der Waals surface area contributed by atoms with Crippen molar-refractivity contribution in [1.82, 2.24) is 15.5 Å². The number of aromatic amines is 1. The first-order chi connectivity index (χ1) is 11.3. The highest BCUT2D eigenvalue weighted by atomic mass is 16.5. The van der Waals surface area contributed by atoms with E-state index in [0.29, 0.717) is 19.0 Å². The number of carbonyl (C=O) groups is 1. The molecule has 1 aliphatic heterocycles. The zero-order valence-corrected chi connectivity index (χ0v) is 12.7. The number of ether oxygens (including phenoxy) is 2. The fourth-order valence-corrected chi connectivity index (χ4v) is 3.31. The van der Waals surface area contributed by atoms with Gasteiger partial charge in [-0.25, -0.2) is 0 Å². The van der Waals surface area contributed by atoms with Gasteiger partial charge in [0.25, 0.3) is 0 Å². The Labute approximate surface area is 134 Å². The number of rotatable bonds is 4. The Hall–Kier alpha value is -2.34. The van der Waals surface area contributed by atoms with Gasteiger partial charge in [-0.05, 0) is 24.0 Å². The maximum Gasteiger partial charge on any atom is 0.224 e. The van der Waals surface area contributed by atoms with Gasteiger partial charge in [-0.2, -0.15) is 5.10 Å². The lowest BCUT2D eigenvalue weighted by molar-refractivity contribution is -0.125. The minimum atomic E-state index is -0.180. The number of H-pyrrole nitrogens is 1. The molecule has 0 bridgehead atoms. The molecule has 0 saturated carbocycles. The van der Waals surface area contributed by atoms with E-state index >= 15 is 0 Å². The second-order valence-corrected chi connectivity index (χ2v) is 6.12. The molecule has 23 heavy (non-hydrogen) atoms. The highest BCUT2D eigenvalue weighted by Gasteiger charge is 2.35. The molecule has 4 rings (SSSR count). The molecule has 6 heteroatoms. The van der Waals surface area contributed by atoms with Crippen molar-refractivity contribution >= 4 is 5.91 Å². The third-order valence-electron chi connectivity index (χ3n) is 4.54. The molecule has 2 N–H and O–H groups in total. The Morgan fingerprint density at radius 2 is 2.04 bits per heavy atom. The van der Waals surface area contributed by atoms with Gasteiger partial charge < -0.3 is 14.8 Å². The number of carbonyl (C=O) groups excluding carboxylic acids is 1. The van der Waals surface area contributed by atoms with E-state index in [-0.39, 0.29) is 24.0 Å². The van der Waals surface area contributed by atoms with Gasteiger partial charge >= 0.3 is 0 Å². The third kappa shape index (κ3) is 2.94. The monoisotopic (exact) mass is 313 g/mol. The standard InChI is InChI=1S/C17H19N3O3/c21-17(13-5-11-3-1-2-4-12(11)6-13)20-15-9-22-10-16(15)23-14-7-18-19-8-14/h1-4,7-8,13,15-16H,5-6,9-10H2,(H,18,19)(H,20,21)/t15-,16+/m0/s1. The Balaban J connectivity index is 1.37. The Morgan fingerprint density at radius 3 is 2.74 bits per heavy atom. The first kappa shape index (κ1) is 14.3. The van der Waals surface area contributed by atoms with E-state index in [0.717, 1.165) is 12.8 Å². The first-order valence-corrected chi connectivity index (χ1v) is 7.90. The van der Waals surface area contributed by atoms with Gasteiger partial charge in [0, 0.05) is 5.92 Å². The van der Waals surface area contributed by atoms with Crippen LogP contribution in [0.4, 0.5) is 0 Å². The second-order valence-electron chi connectivity index (χ2n) is 6.12. The largest absolute Gasteiger partial charge is 0.482 e. The molecule has 2 heterocycles. The predicted octanol–water partition coefficient (Wildman–Crippen LogP) is 1.09. The van der Waals surface area contributed by atoms with Crippen LogP contribution in [-0.4, -0.2) is 41.5 Å². The molecule has 6 nitrogen and oxygen atoms in total. The number of fused-ring (bicyclic) bond motifs is 1. The van der Waals surface area contributed by atoms with Crippen LogP contribution in [0.15, 0.2) is 36.7 Å². The molecule has 120 valence electrons. The van der Waals surface area contributed by atoms with E-state index in [1.807, 2.05) is 12.1 Å². The summed E-state index contributed by atoms with van der Waals surface area (Å²) in [4.78, 5) is 12.6. The fraction of sp³-hybridized carbons (Fsp3) is 0.412. The third-order valence-corrected chi connectivity index (χ3v) is 4.54. The van der Waals surface area contributed by atoms with Crippen molar-refractivity contribution < 1.29 is 14.3 Å². The van der Waals surface area contributed by atoms with Crippen molar-refractivity contribution in [2.45, 2.75) is 25.0 Å². The molecule has 2 atom stereocenters. The highest BCUT2D eigenvalue weighted by Crippen LogP contribution is 2.27. The van der Waals surface area contributed by atoms with Crippen LogP contribution >= 0.6 is 0 Å². The topological polar surface area (TPSA) is 76.2 Å². The SMILES string of the molecule is O=C(N[C@H]1COC[C@H]1Oc1cn[nH]c1)C1Cc2ccccc2C1. The number of hydrogen-bond donors (Lipinski definition) is 2. The van der Waals surface area contributed by atoms with Gasteiger partial charge in [0.1, 0.15) is 6.10 Å². The van der Waals surface area contributed by atoms with Gasteiger partial charge in [-0.15, -0.1) is 0 Å². The molecule has 2 aromatic rings. The summed E-state index contributed by atoms with van der Waals surface area (Å²) in [6.07, 6.45) is 4.74. The smallest absolute Gasteiger partial charge is 0.224 e. The molecule has 0 radical (unpaired) electrons. The Kier molecular flexibility index (Phi) is 3.75. The van der Waals surface area contributed by atoms with Gasteiger partial charge in [0.2, 0.25) is 5.91 Å². The number of amides is 1. The molecule has 1 aromatic heterocycles. The Morgan fingerprint density at radius 1 is 1.26 bits per heavy atom. The van der Waals surface area contributed by atoms with E-state index in [9.17, 15) is 4.79 Å². The van der Waals surface area contributed by atoms with E-state index in [1.54, 1.807) is 12.4 Å². The van der Waals surface area contributed by atoms with Crippen molar-refractivity contribution in [1.29, 1.82) is 0 Å².